The van der Waals surface area contributed by atoms with Gasteiger partial charge in [-0.05, 0) is 54.7 Å². The lowest BCUT2D eigenvalue weighted by molar-refractivity contribution is -0.0391. The fourth-order valence-electron chi connectivity index (χ4n) is 6.99. The van der Waals surface area contributed by atoms with Gasteiger partial charge < -0.3 is 20.5 Å². The van der Waals surface area contributed by atoms with Gasteiger partial charge in [0.15, 0.2) is 5.65 Å². The quantitative estimate of drug-likeness (QED) is 0.294. The number of nitrogen functional groups attached to an aromatic ring is 1. The van der Waals surface area contributed by atoms with Gasteiger partial charge in [0.1, 0.15) is 29.3 Å². The summed E-state index contributed by atoms with van der Waals surface area (Å²) in [6.07, 6.45) is 2.72. The molecule has 3 fully saturated rings. The minimum absolute atomic E-state index is 0.113. The molecule has 3 aliphatic heterocycles. The van der Waals surface area contributed by atoms with Crippen molar-refractivity contribution in [3.63, 3.8) is 0 Å². The fraction of sp³-hybridized carbons (Fsp3) is 0.455. The van der Waals surface area contributed by atoms with E-state index in [4.69, 9.17) is 15.6 Å². The number of nitrogens with zero attached hydrogens (tertiary/aromatic N) is 7. The summed E-state index contributed by atoms with van der Waals surface area (Å²) in [6, 6.07) is 18.5. The van der Waals surface area contributed by atoms with Gasteiger partial charge in [0.25, 0.3) is 0 Å². The molecule has 44 heavy (non-hydrogen) atoms. The average molecular weight is 597 g/mol. The lowest BCUT2D eigenvalue weighted by Gasteiger charge is -2.53. The van der Waals surface area contributed by atoms with Gasteiger partial charge in [0.2, 0.25) is 0 Å². The van der Waals surface area contributed by atoms with Crippen molar-refractivity contribution in [2.24, 2.45) is 11.3 Å². The topological polar surface area (TPSA) is 126 Å². The first-order valence-corrected chi connectivity index (χ1v) is 15.5. The molecule has 2 aromatic carbocycles. The molecular weight excluding hydrogens is 556 g/mol. The minimum atomic E-state index is -0.803. The van der Waals surface area contributed by atoms with Crippen molar-refractivity contribution in [1.82, 2.24) is 34.4 Å². The van der Waals surface area contributed by atoms with E-state index in [1.54, 1.807) is 0 Å². The second-order valence-electron chi connectivity index (χ2n) is 13.2. The molecule has 0 spiro atoms. The van der Waals surface area contributed by atoms with Gasteiger partial charge in [0.05, 0.1) is 11.4 Å². The monoisotopic (exact) mass is 596 g/mol. The Morgan fingerprint density at radius 2 is 1.64 bits per heavy atom. The summed E-state index contributed by atoms with van der Waals surface area (Å²) in [5.74, 6) is 2.42. The maximum atomic E-state index is 11.2. The largest absolute Gasteiger partial charge is 0.465 e. The molecule has 11 heteroatoms. The highest BCUT2D eigenvalue weighted by molar-refractivity contribution is 5.98. The number of anilines is 1. The molecule has 1 amide bonds. The lowest BCUT2D eigenvalue weighted by Crippen LogP contribution is -2.64. The molecule has 2 aromatic heterocycles. The maximum absolute atomic E-state index is 11.2. The minimum Gasteiger partial charge on any atom is -0.465 e. The molecule has 0 aliphatic carbocycles. The molecule has 0 bridgehead atoms. The standard InChI is InChI=1S/C33H40N8O3/c1-33(2,23-16-40(17-23)32(42)43)20-38-18-25(19-38)39-14-12-24(13-15-39)41-31-28(30(34)35-21-36-31)29(37-41)22-8-10-27(11-9-22)44-26-6-4-3-5-7-26/h3-11,21,23-25H,12-20H2,1-2H3,(H,42,43)(H2,34,35,36). The van der Waals surface area contributed by atoms with Crippen LogP contribution in [-0.4, -0.2) is 97.5 Å². The van der Waals surface area contributed by atoms with E-state index in [9.17, 15) is 9.90 Å². The third kappa shape index (κ3) is 5.46. The Balaban J connectivity index is 0.984. The van der Waals surface area contributed by atoms with E-state index in [0.717, 1.165) is 79.4 Å². The number of hydrogen-bond acceptors (Lipinski definition) is 8. The predicted octanol–water partition coefficient (Wildman–Crippen LogP) is 4.82. The predicted molar refractivity (Wildman–Crippen MR) is 169 cm³/mol. The summed E-state index contributed by atoms with van der Waals surface area (Å²) in [6.45, 7) is 11.1. The smallest absolute Gasteiger partial charge is 0.407 e. The number of rotatable bonds is 8. The number of para-hydroxylation sites is 1. The van der Waals surface area contributed by atoms with Gasteiger partial charge >= 0.3 is 6.09 Å². The summed E-state index contributed by atoms with van der Waals surface area (Å²) in [5.41, 5.74) is 9.03. The van der Waals surface area contributed by atoms with E-state index < -0.39 is 6.09 Å². The fourth-order valence-corrected chi connectivity index (χ4v) is 6.99. The Hall–Kier alpha value is -4.22. The highest BCUT2D eigenvalue weighted by Crippen LogP contribution is 2.38. The van der Waals surface area contributed by atoms with Crippen LogP contribution in [0.4, 0.5) is 10.6 Å². The summed E-state index contributed by atoms with van der Waals surface area (Å²) < 4.78 is 8.05. The summed E-state index contributed by atoms with van der Waals surface area (Å²) in [7, 11) is 0. The van der Waals surface area contributed by atoms with Crippen molar-refractivity contribution < 1.29 is 14.6 Å². The molecule has 11 nitrogen and oxygen atoms in total. The van der Waals surface area contributed by atoms with Gasteiger partial charge in [-0.15, -0.1) is 0 Å². The van der Waals surface area contributed by atoms with Gasteiger partial charge in [-0.25, -0.2) is 19.4 Å². The number of benzene rings is 2. The summed E-state index contributed by atoms with van der Waals surface area (Å²) >= 11 is 0. The first kappa shape index (κ1) is 28.5. The zero-order chi connectivity index (χ0) is 30.4. The third-order valence-corrected chi connectivity index (χ3v) is 9.81. The Morgan fingerprint density at radius 3 is 2.32 bits per heavy atom. The second kappa shape index (κ2) is 11.4. The number of ether oxygens (including phenoxy) is 1. The highest BCUT2D eigenvalue weighted by Gasteiger charge is 2.44. The SMILES string of the molecule is CC(C)(CN1CC(N2CCC(n3nc(-c4ccc(Oc5ccccc5)cc4)c4c(N)ncnc43)CC2)C1)C1CN(C(=O)O)C1. The molecule has 0 radical (unpaired) electrons. The van der Waals surface area contributed by atoms with Crippen molar-refractivity contribution >= 4 is 22.9 Å². The molecule has 3 N–H and O–H groups in total. The molecule has 5 heterocycles. The van der Waals surface area contributed by atoms with Crippen LogP contribution in [0.5, 0.6) is 11.5 Å². The van der Waals surface area contributed by atoms with Crippen LogP contribution in [0.3, 0.4) is 0 Å². The number of nitrogens with two attached hydrogens (primary N) is 1. The number of piperidine rings is 1. The summed E-state index contributed by atoms with van der Waals surface area (Å²) in [4.78, 5) is 26.8. The van der Waals surface area contributed by atoms with E-state index in [2.05, 4.69) is 38.3 Å². The second-order valence-corrected chi connectivity index (χ2v) is 13.2. The molecule has 230 valence electrons. The normalized spacial score (nSPS) is 19.2. The van der Waals surface area contributed by atoms with Crippen molar-refractivity contribution in [1.29, 1.82) is 0 Å². The van der Waals surface area contributed by atoms with E-state index >= 15 is 0 Å². The zero-order valence-electron chi connectivity index (χ0n) is 25.3. The van der Waals surface area contributed by atoms with Crippen LogP contribution in [0.15, 0.2) is 60.9 Å². The molecular formula is C33H40N8O3. The molecule has 0 unspecified atom stereocenters. The number of carboxylic acid groups (broad SMARTS) is 1. The van der Waals surface area contributed by atoms with Crippen LogP contribution in [0, 0.1) is 11.3 Å². The molecule has 3 saturated heterocycles. The zero-order valence-corrected chi connectivity index (χ0v) is 25.3. The van der Waals surface area contributed by atoms with Crippen LogP contribution >= 0.6 is 0 Å². The van der Waals surface area contributed by atoms with E-state index in [0.29, 0.717) is 30.9 Å². The highest BCUT2D eigenvalue weighted by atomic mass is 16.5. The number of likely N-dealkylation sites (tertiary alicyclic amines) is 3. The van der Waals surface area contributed by atoms with Crippen LogP contribution in [-0.2, 0) is 0 Å². The number of amides is 1. The number of fused-ring (bicyclic) bond motifs is 1. The molecule has 0 saturated carbocycles. The van der Waals surface area contributed by atoms with Crippen LogP contribution in [0.25, 0.3) is 22.3 Å². The van der Waals surface area contributed by atoms with Crippen LogP contribution < -0.4 is 10.5 Å². The summed E-state index contributed by atoms with van der Waals surface area (Å²) in [5, 5.41) is 15.1. The number of aromatic nitrogens is 4. The molecule has 7 rings (SSSR count). The lowest BCUT2D eigenvalue weighted by atomic mass is 9.73. The number of carbonyl (C=O) groups is 1. The Bertz CT molecular complexity index is 1620. The van der Waals surface area contributed by atoms with Gasteiger partial charge in [-0.2, -0.15) is 5.10 Å². The van der Waals surface area contributed by atoms with Crippen molar-refractivity contribution in [2.75, 3.05) is 51.5 Å². The van der Waals surface area contributed by atoms with Gasteiger partial charge in [-0.1, -0.05) is 32.0 Å². The Labute approximate surface area is 257 Å². The maximum Gasteiger partial charge on any atom is 0.407 e. The third-order valence-electron chi connectivity index (χ3n) is 9.81. The number of hydrogen-bond donors (Lipinski definition) is 2. The molecule has 4 aromatic rings. The van der Waals surface area contributed by atoms with Crippen molar-refractivity contribution in [3.8, 4) is 22.8 Å². The van der Waals surface area contributed by atoms with E-state index in [-0.39, 0.29) is 11.5 Å². The van der Waals surface area contributed by atoms with Crippen LogP contribution in [0.1, 0.15) is 32.7 Å². The van der Waals surface area contributed by atoms with E-state index in [1.165, 1.54) is 11.2 Å². The van der Waals surface area contributed by atoms with E-state index in [1.807, 2.05) is 54.6 Å². The Kier molecular flexibility index (Phi) is 7.37. The van der Waals surface area contributed by atoms with Crippen LogP contribution in [0.2, 0.25) is 0 Å². The van der Waals surface area contributed by atoms with Crippen molar-refractivity contribution in [3.05, 3.63) is 60.9 Å². The van der Waals surface area contributed by atoms with Crippen molar-refractivity contribution in [2.45, 2.75) is 38.8 Å². The molecule has 3 aliphatic rings. The average Bonchev–Trinajstić information content (AvgIpc) is 3.36. The first-order valence-electron chi connectivity index (χ1n) is 15.5. The molecule has 0 atom stereocenters. The first-order chi connectivity index (χ1) is 21.2. The van der Waals surface area contributed by atoms with Gasteiger partial charge in [0, 0.05) is 63.3 Å². The van der Waals surface area contributed by atoms with Gasteiger partial charge in [-0.3, -0.25) is 9.80 Å². The Morgan fingerprint density at radius 1 is 0.955 bits per heavy atom.